The molecule has 0 N–H and O–H groups in total. The molecule has 0 spiro atoms. The Balaban J connectivity index is 2.00. The molecule has 2 aromatic rings. The van der Waals surface area contributed by atoms with E-state index >= 15 is 0 Å². The van der Waals surface area contributed by atoms with Crippen LogP contribution in [0.2, 0.25) is 0 Å². The van der Waals surface area contributed by atoms with Gasteiger partial charge in [-0.1, -0.05) is 73.4 Å². The number of hydrogen-bond donors (Lipinski definition) is 0. The Morgan fingerprint density at radius 3 is 1.54 bits per heavy atom. The third-order valence-electron chi connectivity index (χ3n) is 5.14. The third kappa shape index (κ3) is 3.44. The van der Waals surface area contributed by atoms with Crippen molar-refractivity contribution in [1.82, 2.24) is 0 Å². The molecular weight excluding hydrogens is 391 g/mol. The van der Waals surface area contributed by atoms with Crippen LogP contribution in [0, 0.1) is 0 Å². The van der Waals surface area contributed by atoms with Gasteiger partial charge in [0.15, 0.2) is 0 Å². The highest BCUT2D eigenvalue weighted by Gasteiger charge is 2.32. The molecule has 2 aliphatic carbocycles. The van der Waals surface area contributed by atoms with Crippen LogP contribution in [0.4, 0.5) is 0 Å². The molecule has 0 aromatic heterocycles. The number of hydrogen-bond acceptors (Lipinski definition) is 2. The van der Waals surface area contributed by atoms with Gasteiger partial charge in [0.2, 0.25) is 0 Å². The van der Waals surface area contributed by atoms with Crippen molar-refractivity contribution in [1.29, 1.82) is 0 Å². The van der Waals surface area contributed by atoms with Gasteiger partial charge in [0.25, 0.3) is 0 Å². The quantitative estimate of drug-likeness (QED) is 0.487. The van der Waals surface area contributed by atoms with Gasteiger partial charge in [-0.25, -0.2) is 0 Å². The Morgan fingerprint density at radius 2 is 1.14 bits per heavy atom. The maximum absolute atomic E-state index is 6.76. The lowest BCUT2D eigenvalue weighted by molar-refractivity contribution is 0.0831. The van der Waals surface area contributed by atoms with Crippen LogP contribution in [-0.4, -0.2) is 13.2 Å². The molecule has 0 aliphatic heterocycles. The molecule has 0 saturated heterocycles. The standard InChI is InChI=1S/C24H24Cl2O2/c1-3-11-27-23-17-9-5-7-16-14-20(26)24(28-12-4-2)18-10-6-8-15(13-19(23)25)22(18)21(16)17/h5-10,13-14,23-24H,3-4,11-12H2,1-2H3/t23-,24-/m1/s1. The van der Waals surface area contributed by atoms with Crippen LogP contribution in [0.3, 0.4) is 0 Å². The van der Waals surface area contributed by atoms with Gasteiger partial charge in [-0.15, -0.1) is 0 Å². The van der Waals surface area contributed by atoms with Crippen molar-refractivity contribution in [2.45, 2.75) is 38.9 Å². The predicted molar refractivity (Wildman–Crippen MR) is 118 cm³/mol. The molecule has 28 heavy (non-hydrogen) atoms. The lowest BCUT2D eigenvalue weighted by atomic mass is 9.88. The maximum atomic E-state index is 6.76. The summed E-state index contributed by atoms with van der Waals surface area (Å²) in [5.41, 5.74) is 6.58. The fourth-order valence-electron chi connectivity index (χ4n) is 3.99. The summed E-state index contributed by atoms with van der Waals surface area (Å²) in [5, 5.41) is 1.40. The van der Waals surface area contributed by atoms with Crippen LogP contribution < -0.4 is 0 Å². The van der Waals surface area contributed by atoms with E-state index < -0.39 is 0 Å². The van der Waals surface area contributed by atoms with Gasteiger partial charge in [-0.3, -0.25) is 0 Å². The van der Waals surface area contributed by atoms with Gasteiger partial charge in [-0.2, -0.15) is 0 Å². The van der Waals surface area contributed by atoms with E-state index in [-0.39, 0.29) is 12.2 Å². The molecule has 2 aromatic carbocycles. The molecule has 2 nitrogen and oxygen atoms in total. The third-order valence-corrected chi connectivity index (χ3v) is 5.75. The average molecular weight is 415 g/mol. The molecule has 146 valence electrons. The Labute approximate surface area is 176 Å². The Hall–Kier alpha value is -1.58. The summed E-state index contributed by atoms with van der Waals surface area (Å²) in [6.07, 6.45) is 5.37. The first kappa shape index (κ1) is 19.7. The minimum atomic E-state index is -0.280. The van der Waals surface area contributed by atoms with Crippen molar-refractivity contribution in [2.24, 2.45) is 0 Å². The van der Waals surface area contributed by atoms with Crippen LogP contribution in [-0.2, 0) is 9.47 Å². The smallest absolute Gasteiger partial charge is 0.119 e. The highest BCUT2D eigenvalue weighted by Crippen LogP contribution is 2.50. The van der Waals surface area contributed by atoms with E-state index in [1.54, 1.807) is 0 Å². The highest BCUT2D eigenvalue weighted by atomic mass is 35.5. The number of halogens is 2. The lowest BCUT2D eigenvalue weighted by Gasteiger charge is -2.22. The second-order valence-electron chi connectivity index (χ2n) is 7.18. The number of ether oxygens (including phenoxy) is 2. The zero-order chi connectivity index (χ0) is 19.7. The topological polar surface area (TPSA) is 18.5 Å². The first-order valence-electron chi connectivity index (χ1n) is 9.89. The van der Waals surface area contributed by atoms with Crippen molar-refractivity contribution in [3.63, 3.8) is 0 Å². The minimum Gasteiger partial charge on any atom is -0.368 e. The van der Waals surface area contributed by atoms with Crippen LogP contribution in [0.1, 0.15) is 61.2 Å². The molecule has 4 heteroatoms. The Kier molecular flexibility index (Phi) is 5.93. The van der Waals surface area contributed by atoms with Crippen molar-refractivity contribution in [2.75, 3.05) is 13.2 Å². The number of benzene rings is 2. The van der Waals surface area contributed by atoms with Crippen molar-refractivity contribution in [3.05, 3.63) is 68.7 Å². The largest absolute Gasteiger partial charge is 0.368 e. The molecule has 2 aliphatic rings. The van der Waals surface area contributed by atoms with Crippen LogP contribution in [0.5, 0.6) is 0 Å². The van der Waals surface area contributed by atoms with Crippen LogP contribution in [0.15, 0.2) is 46.5 Å². The second kappa shape index (κ2) is 8.42. The average Bonchev–Trinajstić information content (AvgIpc) is 2.89. The fraction of sp³-hybridized carbons (Fsp3) is 0.333. The summed E-state index contributed by atoms with van der Waals surface area (Å²) in [6, 6.07) is 12.5. The summed E-state index contributed by atoms with van der Waals surface area (Å²) >= 11 is 13.5. The molecular formula is C24H24Cl2O2. The molecule has 0 heterocycles. The van der Waals surface area contributed by atoms with Gasteiger partial charge in [0.1, 0.15) is 12.2 Å². The van der Waals surface area contributed by atoms with Gasteiger partial charge in [-0.05, 0) is 58.4 Å². The summed E-state index contributed by atoms with van der Waals surface area (Å²) in [4.78, 5) is 0. The molecule has 2 atom stereocenters. The number of rotatable bonds is 6. The van der Waals surface area contributed by atoms with E-state index in [0.29, 0.717) is 23.3 Å². The molecule has 0 unspecified atom stereocenters. The molecule has 0 amide bonds. The van der Waals surface area contributed by atoms with Crippen molar-refractivity contribution >= 4 is 35.4 Å². The van der Waals surface area contributed by atoms with Gasteiger partial charge in [0, 0.05) is 13.2 Å². The van der Waals surface area contributed by atoms with Gasteiger partial charge in [0.05, 0.1) is 10.1 Å². The summed E-state index contributed by atoms with van der Waals surface area (Å²) in [6.45, 7) is 5.51. The van der Waals surface area contributed by atoms with E-state index in [1.165, 1.54) is 0 Å². The molecule has 0 radical (unpaired) electrons. The van der Waals surface area contributed by atoms with Crippen LogP contribution >= 0.6 is 23.2 Å². The van der Waals surface area contributed by atoms with E-state index in [2.05, 4.69) is 38.1 Å². The Bertz CT molecular complexity index is 868. The zero-order valence-electron chi connectivity index (χ0n) is 16.2. The van der Waals surface area contributed by atoms with Crippen molar-refractivity contribution in [3.8, 4) is 11.1 Å². The zero-order valence-corrected chi connectivity index (χ0v) is 17.7. The molecule has 4 rings (SSSR count). The fourth-order valence-corrected chi connectivity index (χ4v) is 4.58. The molecule has 0 bridgehead atoms. The van der Waals surface area contributed by atoms with E-state index in [0.717, 1.165) is 46.2 Å². The monoisotopic (exact) mass is 414 g/mol. The summed E-state index contributed by atoms with van der Waals surface area (Å²) in [7, 11) is 0. The molecule has 0 saturated carbocycles. The second-order valence-corrected chi connectivity index (χ2v) is 8.06. The van der Waals surface area contributed by atoms with E-state index in [9.17, 15) is 0 Å². The van der Waals surface area contributed by atoms with Gasteiger partial charge >= 0.3 is 0 Å². The van der Waals surface area contributed by atoms with Crippen LogP contribution in [0.25, 0.3) is 23.3 Å². The molecule has 0 fully saturated rings. The summed E-state index contributed by atoms with van der Waals surface area (Å²) < 4.78 is 12.4. The minimum absolute atomic E-state index is 0.280. The highest BCUT2D eigenvalue weighted by molar-refractivity contribution is 6.33. The van der Waals surface area contributed by atoms with Gasteiger partial charge < -0.3 is 9.47 Å². The summed E-state index contributed by atoms with van der Waals surface area (Å²) in [5.74, 6) is 0. The van der Waals surface area contributed by atoms with E-state index in [4.69, 9.17) is 32.7 Å². The first-order valence-corrected chi connectivity index (χ1v) is 10.6. The Morgan fingerprint density at radius 1 is 0.714 bits per heavy atom. The SMILES string of the molecule is CCCO[C@H]1C(Cl)=Cc2cccc3c2-c2c(cccc21)C=C(Cl)[C@@H]3OCCC. The maximum Gasteiger partial charge on any atom is 0.119 e. The predicted octanol–water partition coefficient (Wildman–Crippen LogP) is 7.48. The normalized spacial score (nSPS) is 20.0. The van der Waals surface area contributed by atoms with Crippen molar-refractivity contribution < 1.29 is 9.47 Å². The first-order chi connectivity index (χ1) is 13.7. The van der Waals surface area contributed by atoms with E-state index in [1.807, 2.05) is 24.3 Å². The lowest BCUT2D eigenvalue weighted by Crippen LogP contribution is -2.08.